The van der Waals surface area contributed by atoms with Crippen LogP contribution in [0.3, 0.4) is 0 Å². The van der Waals surface area contributed by atoms with Crippen molar-refractivity contribution in [2.24, 2.45) is 17.8 Å². The molecule has 3 fully saturated rings. The smallest absolute Gasteiger partial charge is 0.408 e. The zero-order valence-electron chi connectivity index (χ0n) is 32.2. The van der Waals surface area contributed by atoms with E-state index in [0.29, 0.717) is 42.9 Å². The second-order valence-electron chi connectivity index (χ2n) is 16.7. The SMILES string of the molecule is C[C@@H]1CC/C=C\[C@@H]2C[C@@]2(C(=O)NS(=O)(=O)C2CC2)NC(=O)[C@@H]2C[C@@H](Oc3ncc(OCC(F)F)c4ccccc34)CN2C(=O)[C@@H](N(C(=O)O)C(C)(C)C)[C@H](C)C1. The van der Waals surface area contributed by atoms with Gasteiger partial charge in [-0.3, -0.25) is 24.0 Å². The zero-order valence-corrected chi connectivity index (χ0v) is 33.1. The van der Waals surface area contributed by atoms with Gasteiger partial charge in [-0.25, -0.2) is 27.0 Å². The number of sulfonamides is 1. The number of amides is 4. The third kappa shape index (κ3) is 8.71. The Kier molecular flexibility index (Phi) is 11.6. The van der Waals surface area contributed by atoms with Crippen LogP contribution in [0.25, 0.3) is 10.8 Å². The van der Waals surface area contributed by atoms with E-state index in [9.17, 15) is 41.5 Å². The highest BCUT2D eigenvalue weighted by molar-refractivity contribution is 7.91. The van der Waals surface area contributed by atoms with Gasteiger partial charge >= 0.3 is 6.09 Å². The van der Waals surface area contributed by atoms with Gasteiger partial charge in [-0.05, 0) is 77.2 Å². The Bertz CT molecular complexity index is 1990. The van der Waals surface area contributed by atoms with Crippen LogP contribution < -0.4 is 19.5 Å². The Morgan fingerprint density at radius 1 is 1.12 bits per heavy atom. The van der Waals surface area contributed by atoms with E-state index in [1.165, 1.54) is 11.1 Å². The van der Waals surface area contributed by atoms with Crippen LogP contribution in [0, 0.1) is 17.8 Å². The summed E-state index contributed by atoms with van der Waals surface area (Å²) < 4.78 is 65.6. The summed E-state index contributed by atoms with van der Waals surface area (Å²) in [6.45, 7) is 7.94. The molecule has 7 atom stereocenters. The van der Waals surface area contributed by atoms with E-state index in [1.54, 1.807) is 45.0 Å². The number of fused-ring (bicyclic) bond motifs is 3. The molecular formula is C39H51F2N5O9S. The molecule has 306 valence electrons. The van der Waals surface area contributed by atoms with Crippen molar-refractivity contribution in [3.05, 3.63) is 42.6 Å². The predicted molar refractivity (Wildman–Crippen MR) is 202 cm³/mol. The van der Waals surface area contributed by atoms with Crippen LogP contribution in [0.5, 0.6) is 11.6 Å². The van der Waals surface area contributed by atoms with Crippen molar-refractivity contribution >= 4 is 44.6 Å². The highest BCUT2D eigenvalue weighted by Crippen LogP contribution is 2.46. The summed E-state index contributed by atoms with van der Waals surface area (Å²) in [5.74, 6) is -2.89. The minimum Gasteiger partial charge on any atom is -0.485 e. The topological polar surface area (TPSA) is 185 Å². The summed E-state index contributed by atoms with van der Waals surface area (Å²) in [5.41, 5.74) is -2.61. The molecule has 3 N–H and O–H groups in total. The normalized spacial score (nSPS) is 29.3. The minimum atomic E-state index is -3.96. The molecular weight excluding hydrogens is 753 g/mol. The van der Waals surface area contributed by atoms with E-state index in [2.05, 4.69) is 15.0 Å². The molecule has 2 aliphatic heterocycles. The van der Waals surface area contributed by atoms with Gasteiger partial charge in [0, 0.05) is 28.7 Å². The van der Waals surface area contributed by atoms with E-state index in [0.717, 1.165) is 4.90 Å². The molecule has 56 heavy (non-hydrogen) atoms. The van der Waals surface area contributed by atoms with Gasteiger partial charge in [-0.2, -0.15) is 0 Å². The van der Waals surface area contributed by atoms with Crippen LogP contribution >= 0.6 is 0 Å². The van der Waals surface area contributed by atoms with Gasteiger partial charge in [-0.15, -0.1) is 0 Å². The number of carboxylic acid groups (broad SMARTS) is 1. The Balaban J connectivity index is 1.38. The third-order valence-corrected chi connectivity index (χ3v) is 13.0. The van der Waals surface area contributed by atoms with Gasteiger partial charge in [0.25, 0.3) is 12.3 Å². The number of nitrogens with zero attached hydrogens (tertiary/aromatic N) is 3. The molecule has 0 bridgehead atoms. The van der Waals surface area contributed by atoms with Crippen molar-refractivity contribution in [1.29, 1.82) is 0 Å². The number of aromatic nitrogens is 1. The molecule has 4 amide bonds. The number of carbonyl (C=O) groups excluding carboxylic acids is 3. The number of rotatable bonds is 9. The lowest BCUT2D eigenvalue weighted by atomic mass is 9.85. The molecule has 1 aromatic carbocycles. The van der Waals surface area contributed by atoms with Crippen molar-refractivity contribution < 1.29 is 51.0 Å². The second-order valence-corrected chi connectivity index (χ2v) is 18.7. The van der Waals surface area contributed by atoms with Crippen molar-refractivity contribution in [1.82, 2.24) is 24.8 Å². The second kappa shape index (κ2) is 15.8. The molecule has 3 heterocycles. The highest BCUT2D eigenvalue weighted by Gasteiger charge is 2.62. The van der Waals surface area contributed by atoms with Crippen molar-refractivity contribution in [2.75, 3.05) is 13.2 Å². The predicted octanol–water partition coefficient (Wildman–Crippen LogP) is 4.87. The van der Waals surface area contributed by atoms with Crippen molar-refractivity contribution in [3.63, 3.8) is 0 Å². The average Bonchev–Trinajstić information content (AvgIpc) is 4.04. The number of nitrogens with one attached hydrogen (secondary N) is 2. The molecule has 2 saturated carbocycles. The lowest BCUT2D eigenvalue weighted by Gasteiger charge is -2.43. The fourth-order valence-electron chi connectivity index (χ4n) is 8.13. The maximum atomic E-state index is 15.0. The first-order chi connectivity index (χ1) is 26.3. The Hall–Kier alpha value is -4.54. The summed E-state index contributed by atoms with van der Waals surface area (Å²) in [6, 6.07) is 4.28. The number of allylic oxidation sites excluding steroid dienone is 1. The summed E-state index contributed by atoms with van der Waals surface area (Å²) in [4.78, 5) is 63.1. The Morgan fingerprint density at radius 3 is 2.46 bits per heavy atom. The number of pyridine rings is 1. The number of carbonyl (C=O) groups is 4. The highest BCUT2D eigenvalue weighted by atomic mass is 32.2. The van der Waals surface area contributed by atoms with Crippen LogP contribution in [-0.4, -0.2) is 106 Å². The summed E-state index contributed by atoms with van der Waals surface area (Å²) in [6.07, 6.45) is 2.86. The summed E-state index contributed by atoms with van der Waals surface area (Å²) in [7, 11) is -3.96. The number of ether oxygens (including phenoxy) is 2. The molecule has 0 spiro atoms. The number of hydrogen-bond donors (Lipinski definition) is 3. The van der Waals surface area contributed by atoms with E-state index < -0.39 is 93.2 Å². The molecule has 0 unspecified atom stereocenters. The largest absolute Gasteiger partial charge is 0.485 e. The van der Waals surface area contributed by atoms with Gasteiger partial charge in [0.2, 0.25) is 27.7 Å². The van der Waals surface area contributed by atoms with Gasteiger partial charge < -0.3 is 24.8 Å². The van der Waals surface area contributed by atoms with E-state index in [-0.39, 0.29) is 36.9 Å². The molecule has 6 rings (SSSR count). The lowest BCUT2D eigenvalue weighted by Crippen LogP contribution is -2.62. The fourth-order valence-corrected chi connectivity index (χ4v) is 9.49. The molecule has 4 aliphatic rings. The first-order valence-electron chi connectivity index (χ1n) is 19.1. The first-order valence-corrected chi connectivity index (χ1v) is 20.7. The number of alkyl halides is 2. The molecule has 1 aromatic heterocycles. The lowest BCUT2D eigenvalue weighted by molar-refractivity contribution is -0.146. The minimum absolute atomic E-state index is 0.0684. The third-order valence-electron chi connectivity index (χ3n) is 11.1. The molecule has 2 aromatic rings. The molecule has 1 saturated heterocycles. The van der Waals surface area contributed by atoms with E-state index >= 15 is 0 Å². The first kappa shape index (κ1) is 41.1. The Labute approximate surface area is 325 Å². The monoisotopic (exact) mass is 803 g/mol. The standard InChI is InChI=1S/C39H51F2N5O9S/c1-22-10-6-7-11-24-18-39(24,36(49)44-56(52,53)26-14-15-26)43-33(47)29-17-25(20-45(29)35(48)32(23(2)16-22)46(37(50)51)38(3,4)5)55-34-28-13-9-8-12-27(28)30(19-42-34)54-21-31(40)41/h7-9,11-13,19,22-26,29,31-32H,6,10,14-18,20-21H2,1-5H3,(H,43,47)(H,44,49)(H,50,51)/b11-7-/t22-,23-,24-,25-,29+,32+,39-/m1/s1. The summed E-state index contributed by atoms with van der Waals surface area (Å²) in [5, 5.41) is 13.6. The van der Waals surface area contributed by atoms with Crippen LogP contribution in [0.15, 0.2) is 42.6 Å². The quantitative estimate of drug-likeness (QED) is 0.296. The van der Waals surface area contributed by atoms with Gasteiger partial charge in [0.1, 0.15) is 36.1 Å². The van der Waals surface area contributed by atoms with Gasteiger partial charge in [0.05, 0.1) is 18.0 Å². The molecule has 17 heteroatoms. The van der Waals surface area contributed by atoms with Crippen LogP contribution in [0.1, 0.15) is 79.6 Å². The molecule has 2 aliphatic carbocycles. The Morgan fingerprint density at radius 2 is 1.82 bits per heavy atom. The summed E-state index contributed by atoms with van der Waals surface area (Å²) >= 11 is 0. The van der Waals surface area contributed by atoms with Crippen molar-refractivity contribution in [3.8, 4) is 11.6 Å². The molecule has 0 radical (unpaired) electrons. The zero-order chi connectivity index (χ0) is 40.7. The number of benzene rings is 1. The number of halogens is 2. The number of hydrogen-bond acceptors (Lipinski definition) is 9. The van der Waals surface area contributed by atoms with Crippen molar-refractivity contribution in [2.45, 2.75) is 121 Å². The van der Waals surface area contributed by atoms with Crippen LogP contribution in [-0.2, 0) is 24.4 Å². The maximum absolute atomic E-state index is 15.0. The van der Waals surface area contributed by atoms with E-state index in [1.807, 2.05) is 26.0 Å². The van der Waals surface area contributed by atoms with Crippen LogP contribution in [0.4, 0.5) is 13.6 Å². The van der Waals surface area contributed by atoms with Gasteiger partial charge in [-0.1, -0.05) is 44.2 Å². The molecule has 14 nitrogen and oxygen atoms in total. The van der Waals surface area contributed by atoms with Crippen LogP contribution in [0.2, 0.25) is 0 Å². The maximum Gasteiger partial charge on any atom is 0.408 e. The average molecular weight is 804 g/mol. The van der Waals surface area contributed by atoms with Gasteiger partial charge in [0.15, 0.2) is 0 Å². The fraction of sp³-hybridized carbons (Fsp3) is 0.615. The van der Waals surface area contributed by atoms with E-state index in [4.69, 9.17) is 9.47 Å².